The van der Waals surface area contributed by atoms with Crippen LogP contribution < -0.4 is 16.3 Å². The van der Waals surface area contributed by atoms with E-state index in [1.165, 1.54) is 48.7 Å². The Bertz CT molecular complexity index is 1170. The first-order valence-electron chi connectivity index (χ1n) is 8.82. The number of aromatic nitrogens is 3. The van der Waals surface area contributed by atoms with Gasteiger partial charge >= 0.3 is 23.3 Å². The average molecular weight is 412 g/mol. The normalized spacial score (nSPS) is 13.4. The molecule has 1 aromatic carbocycles. The Hall–Kier alpha value is -4.08. The van der Waals surface area contributed by atoms with Gasteiger partial charge in [-0.3, -0.25) is 0 Å². The summed E-state index contributed by atoms with van der Waals surface area (Å²) in [5, 5.41) is 0. The van der Waals surface area contributed by atoms with Crippen molar-refractivity contribution < 1.29 is 19.1 Å². The summed E-state index contributed by atoms with van der Waals surface area (Å²) in [5.41, 5.74) is -0.129. The van der Waals surface area contributed by atoms with Crippen LogP contribution in [-0.4, -0.2) is 40.1 Å². The molecular formula is C20H20N4O6. The van der Waals surface area contributed by atoms with Crippen molar-refractivity contribution in [2.75, 3.05) is 19.1 Å². The number of nitrogens with zero attached hydrogens (tertiary/aromatic N) is 4. The Morgan fingerprint density at radius 1 is 0.800 bits per heavy atom. The maximum Gasteiger partial charge on any atom is 0.355 e. The second-order valence-corrected chi connectivity index (χ2v) is 6.28. The van der Waals surface area contributed by atoms with E-state index in [2.05, 4.69) is 0 Å². The van der Waals surface area contributed by atoms with Gasteiger partial charge in [0.2, 0.25) is 0 Å². The lowest BCUT2D eigenvalue weighted by atomic mass is 10.1. The van der Waals surface area contributed by atoms with E-state index in [9.17, 15) is 19.2 Å². The highest BCUT2D eigenvalue weighted by Crippen LogP contribution is 2.26. The monoisotopic (exact) mass is 412 g/mol. The van der Waals surface area contributed by atoms with E-state index in [0.29, 0.717) is 11.4 Å². The molecule has 30 heavy (non-hydrogen) atoms. The van der Waals surface area contributed by atoms with Crippen molar-refractivity contribution in [3.05, 3.63) is 80.9 Å². The lowest BCUT2D eigenvalue weighted by molar-refractivity contribution is -0.139. The molecule has 1 aliphatic heterocycles. The van der Waals surface area contributed by atoms with Gasteiger partial charge in [0.1, 0.15) is 5.70 Å². The molecule has 0 saturated carbocycles. The van der Waals surface area contributed by atoms with Gasteiger partial charge in [-0.15, -0.1) is 0 Å². The first-order chi connectivity index (χ1) is 14.3. The number of esters is 2. The van der Waals surface area contributed by atoms with Crippen molar-refractivity contribution in [1.82, 2.24) is 13.9 Å². The number of methoxy groups -OCH3 is 2. The SMILES string of the molecule is COC(=O)C1=C(C(=O)OC)N(c2ccc(-n3c(=O)n(C)n(C)c3=O)cc2)C=CC=C1. The molecule has 0 amide bonds. The van der Waals surface area contributed by atoms with Gasteiger partial charge in [-0.05, 0) is 36.4 Å². The minimum absolute atomic E-state index is 0.0200. The number of allylic oxidation sites excluding steroid dienone is 2. The fraction of sp³-hybridized carbons (Fsp3) is 0.200. The van der Waals surface area contributed by atoms with Crippen molar-refractivity contribution in [3.63, 3.8) is 0 Å². The predicted octanol–water partition coefficient (Wildman–Crippen LogP) is 0.365. The zero-order valence-electron chi connectivity index (χ0n) is 16.9. The molecule has 0 fully saturated rings. The van der Waals surface area contributed by atoms with Crippen LogP contribution in [0.2, 0.25) is 0 Å². The second kappa shape index (κ2) is 8.11. The first-order valence-corrected chi connectivity index (χ1v) is 8.82. The van der Waals surface area contributed by atoms with E-state index in [1.807, 2.05) is 0 Å². The van der Waals surface area contributed by atoms with E-state index in [0.717, 1.165) is 4.57 Å². The van der Waals surface area contributed by atoms with Crippen LogP contribution in [0.5, 0.6) is 0 Å². The first kappa shape index (κ1) is 20.6. The third-order valence-corrected chi connectivity index (χ3v) is 4.66. The summed E-state index contributed by atoms with van der Waals surface area (Å²) in [4.78, 5) is 50.8. The van der Waals surface area contributed by atoms with Gasteiger partial charge < -0.3 is 14.4 Å². The van der Waals surface area contributed by atoms with Crippen LogP contribution in [0.3, 0.4) is 0 Å². The van der Waals surface area contributed by atoms with E-state index < -0.39 is 23.3 Å². The number of carbonyl (C=O) groups is 2. The molecule has 10 heteroatoms. The van der Waals surface area contributed by atoms with E-state index in [-0.39, 0.29) is 11.3 Å². The van der Waals surface area contributed by atoms with Crippen LogP contribution in [0.1, 0.15) is 0 Å². The van der Waals surface area contributed by atoms with Crippen LogP contribution in [0.25, 0.3) is 5.69 Å². The minimum Gasteiger partial charge on any atom is -0.465 e. The van der Waals surface area contributed by atoms with Crippen molar-refractivity contribution in [2.24, 2.45) is 14.1 Å². The molecule has 10 nitrogen and oxygen atoms in total. The molecule has 1 aliphatic rings. The Balaban J connectivity index is 2.12. The summed E-state index contributed by atoms with van der Waals surface area (Å²) in [6.07, 6.45) is 6.28. The predicted molar refractivity (Wildman–Crippen MR) is 108 cm³/mol. The molecule has 0 saturated heterocycles. The minimum atomic E-state index is -0.733. The molecule has 0 aliphatic carbocycles. The molecule has 0 spiro atoms. The summed E-state index contributed by atoms with van der Waals surface area (Å²) >= 11 is 0. The third-order valence-electron chi connectivity index (χ3n) is 4.66. The Morgan fingerprint density at radius 2 is 1.33 bits per heavy atom. The van der Waals surface area contributed by atoms with Gasteiger partial charge in [-0.25, -0.2) is 33.1 Å². The molecule has 2 heterocycles. The Labute approximate surface area is 171 Å². The highest BCUT2D eigenvalue weighted by Gasteiger charge is 2.27. The van der Waals surface area contributed by atoms with Crippen molar-refractivity contribution in [3.8, 4) is 5.69 Å². The van der Waals surface area contributed by atoms with E-state index >= 15 is 0 Å². The van der Waals surface area contributed by atoms with Crippen LogP contribution in [0.15, 0.2) is 69.6 Å². The van der Waals surface area contributed by atoms with Gasteiger partial charge in [0.05, 0.1) is 25.5 Å². The quantitative estimate of drug-likeness (QED) is 0.668. The summed E-state index contributed by atoms with van der Waals surface area (Å²) in [6, 6.07) is 6.36. The third kappa shape index (κ3) is 3.39. The summed E-state index contributed by atoms with van der Waals surface area (Å²) in [7, 11) is 5.41. The molecule has 0 unspecified atom stereocenters. The maximum absolute atomic E-state index is 12.5. The Morgan fingerprint density at radius 3 is 1.87 bits per heavy atom. The summed E-state index contributed by atoms with van der Waals surface area (Å²) < 4.78 is 13.1. The number of benzene rings is 1. The molecule has 156 valence electrons. The lowest BCUT2D eigenvalue weighted by Crippen LogP contribution is -2.28. The topological polar surface area (TPSA) is 105 Å². The van der Waals surface area contributed by atoms with Gasteiger partial charge in [0.25, 0.3) is 0 Å². The lowest BCUT2D eigenvalue weighted by Gasteiger charge is -2.23. The summed E-state index contributed by atoms with van der Waals surface area (Å²) in [6.45, 7) is 0. The Kier molecular flexibility index (Phi) is 5.58. The molecular weight excluding hydrogens is 392 g/mol. The smallest absolute Gasteiger partial charge is 0.355 e. The standard InChI is InChI=1S/C20H20N4O6/c1-21-19(27)24(20(28)22(21)2)14-10-8-13(9-11-14)23-12-6-5-7-15(17(25)29-3)16(23)18(26)30-4/h5-12H,1-4H3. The zero-order valence-corrected chi connectivity index (χ0v) is 16.9. The average Bonchev–Trinajstić information content (AvgIpc) is 2.92. The fourth-order valence-corrected chi connectivity index (χ4v) is 2.98. The molecule has 0 radical (unpaired) electrons. The highest BCUT2D eigenvalue weighted by molar-refractivity contribution is 6.05. The molecule has 2 aromatic rings. The largest absolute Gasteiger partial charge is 0.465 e. The molecule has 0 atom stereocenters. The molecule has 0 N–H and O–H groups in total. The van der Waals surface area contributed by atoms with Crippen LogP contribution >= 0.6 is 0 Å². The zero-order chi connectivity index (χ0) is 22.0. The number of rotatable bonds is 4. The maximum atomic E-state index is 12.5. The number of hydrogen-bond donors (Lipinski definition) is 0. The van der Waals surface area contributed by atoms with Gasteiger partial charge in [-0.1, -0.05) is 6.08 Å². The highest BCUT2D eigenvalue weighted by atomic mass is 16.5. The van der Waals surface area contributed by atoms with Gasteiger partial charge in [0, 0.05) is 26.0 Å². The van der Waals surface area contributed by atoms with Crippen LogP contribution in [0.4, 0.5) is 5.69 Å². The molecule has 3 rings (SSSR count). The summed E-state index contributed by atoms with van der Waals surface area (Å²) in [5.74, 6) is -1.43. The van der Waals surface area contributed by atoms with Crippen LogP contribution in [-0.2, 0) is 33.2 Å². The van der Waals surface area contributed by atoms with Gasteiger partial charge in [0.15, 0.2) is 0 Å². The second-order valence-electron chi connectivity index (χ2n) is 6.28. The molecule has 1 aromatic heterocycles. The van der Waals surface area contributed by atoms with E-state index in [1.54, 1.807) is 42.6 Å². The number of hydrogen-bond acceptors (Lipinski definition) is 7. The number of anilines is 1. The fourth-order valence-electron chi connectivity index (χ4n) is 2.98. The van der Waals surface area contributed by atoms with Crippen molar-refractivity contribution in [1.29, 1.82) is 0 Å². The number of carbonyl (C=O) groups excluding carboxylic acids is 2. The molecule has 0 bridgehead atoms. The van der Waals surface area contributed by atoms with E-state index in [4.69, 9.17) is 9.47 Å². The van der Waals surface area contributed by atoms with Crippen LogP contribution in [0, 0.1) is 0 Å². The van der Waals surface area contributed by atoms with Crippen molar-refractivity contribution in [2.45, 2.75) is 0 Å². The number of ether oxygens (including phenoxy) is 2. The van der Waals surface area contributed by atoms with Gasteiger partial charge in [-0.2, -0.15) is 0 Å². The van der Waals surface area contributed by atoms with Crippen molar-refractivity contribution >= 4 is 17.6 Å².